The first-order chi connectivity index (χ1) is 4.74. The Morgan fingerprint density at radius 2 is 2.00 bits per heavy atom. The summed E-state index contributed by atoms with van der Waals surface area (Å²) in [6.45, 7) is -0.180. The average molecular weight is 146 g/mol. The third-order valence-corrected chi connectivity index (χ3v) is 1.31. The number of ether oxygens (including phenoxy) is 1. The molecule has 1 aliphatic rings. The minimum Gasteiger partial charge on any atom is -0.393 e. The molecule has 0 aliphatic carbocycles. The Morgan fingerprint density at radius 3 is 2.50 bits per heavy atom. The molecule has 3 unspecified atom stereocenters. The van der Waals surface area contributed by atoms with Gasteiger partial charge in [-0.25, -0.2) is 0 Å². The molecule has 0 aromatic carbocycles. The van der Waals surface area contributed by atoms with Gasteiger partial charge in [0.05, 0.1) is 6.61 Å². The first kappa shape index (κ1) is 7.68. The molecule has 0 radical (unpaired) electrons. The highest BCUT2D eigenvalue weighted by Crippen LogP contribution is 2.09. The molecule has 58 valence electrons. The number of aliphatic hydroxyl groups is 3. The van der Waals surface area contributed by atoms with Gasteiger partial charge in [0.2, 0.25) is 0 Å². The summed E-state index contributed by atoms with van der Waals surface area (Å²) >= 11 is 0. The lowest BCUT2D eigenvalue weighted by Gasteiger charge is -2.24. The molecular weight excluding hydrogens is 136 g/mol. The SMILES string of the molecule is OCC1C=CC(O)C(O)O1. The molecule has 0 saturated carbocycles. The van der Waals surface area contributed by atoms with Gasteiger partial charge in [-0.2, -0.15) is 0 Å². The van der Waals surface area contributed by atoms with Crippen molar-refractivity contribution < 1.29 is 20.1 Å². The second-order valence-corrected chi connectivity index (χ2v) is 2.12. The highest BCUT2D eigenvalue weighted by molar-refractivity contribution is 4.99. The fourth-order valence-electron chi connectivity index (χ4n) is 0.742. The van der Waals surface area contributed by atoms with Crippen LogP contribution in [0, 0.1) is 0 Å². The van der Waals surface area contributed by atoms with E-state index in [0.717, 1.165) is 0 Å². The van der Waals surface area contributed by atoms with Crippen molar-refractivity contribution in [3.63, 3.8) is 0 Å². The minimum absolute atomic E-state index is 0.180. The van der Waals surface area contributed by atoms with E-state index in [4.69, 9.17) is 20.1 Å². The van der Waals surface area contributed by atoms with Crippen LogP contribution in [-0.2, 0) is 4.74 Å². The van der Waals surface area contributed by atoms with Crippen LogP contribution in [-0.4, -0.2) is 40.4 Å². The first-order valence-corrected chi connectivity index (χ1v) is 3.05. The molecule has 3 atom stereocenters. The van der Waals surface area contributed by atoms with Crippen LogP contribution in [0.1, 0.15) is 0 Å². The van der Waals surface area contributed by atoms with Gasteiger partial charge in [-0.1, -0.05) is 12.2 Å². The predicted molar refractivity (Wildman–Crippen MR) is 33.1 cm³/mol. The number of rotatable bonds is 1. The molecule has 0 bridgehead atoms. The molecule has 0 amide bonds. The van der Waals surface area contributed by atoms with Crippen LogP contribution >= 0.6 is 0 Å². The average Bonchev–Trinajstić information content (AvgIpc) is 1.95. The summed E-state index contributed by atoms with van der Waals surface area (Å²) in [7, 11) is 0. The molecule has 0 fully saturated rings. The van der Waals surface area contributed by atoms with Crippen LogP contribution in [0.5, 0.6) is 0 Å². The van der Waals surface area contributed by atoms with Crippen LogP contribution in [0.3, 0.4) is 0 Å². The highest BCUT2D eigenvalue weighted by Gasteiger charge is 2.22. The first-order valence-electron chi connectivity index (χ1n) is 3.05. The monoisotopic (exact) mass is 146 g/mol. The zero-order chi connectivity index (χ0) is 7.56. The molecule has 1 aliphatic heterocycles. The van der Waals surface area contributed by atoms with Crippen molar-refractivity contribution in [3.05, 3.63) is 12.2 Å². The Balaban J connectivity index is 2.51. The fraction of sp³-hybridized carbons (Fsp3) is 0.667. The summed E-state index contributed by atoms with van der Waals surface area (Å²) < 4.78 is 4.72. The molecule has 0 saturated heterocycles. The van der Waals surface area contributed by atoms with Crippen LogP contribution in [0.4, 0.5) is 0 Å². The molecule has 4 heteroatoms. The van der Waals surface area contributed by atoms with Crippen LogP contribution in [0.25, 0.3) is 0 Å². The van der Waals surface area contributed by atoms with Gasteiger partial charge in [-0.05, 0) is 0 Å². The van der Waals surface area contributed by atoms with E-state index in [0.29, 0.717) is 0 Å². The van der Waals surface area contributed by atoms with Crippen LogP contribution < -0.4 is 0 Å². The zero-order valence-electron chi connectivity index (χ0n) is 5.34. The number of aliphatic hydroxyl groups excluding tert-OH is 3. The maximum Gasteiger partial charge on any atom is 0.185 e. The van der Waals surface area contributed by atoms with Gasteiger partial charge in [0.25, 0.3) is 0 Å². The Morgan fingerprint density at radius 1 is 1.30 bits per heavy atom. The third-order valence-electron chi connectivity index (χ3n) is 1.31. The lowest BCUT2D eigenvalue weighted by molar-refractivity contribution is -0.179. The van der Waals surface area contributed by atoms with Gasteiger partial charge in [0, 0.05) is 0 Å². The predicted octanol–water partition coefficient (Wildman–Crippen LogP) is -1.39. The molecule has 1 heterocycles. The van der Waals surface area contributed by atoms with Crippen molar-refractivity contribution in [2.45, 2.75) is 18.5 Å². The summed E-state index contributed by atoms with van der Waals surface area (Å²) in [5.41, 5.74) is 0. The lowest BCUT2D eigenvalue weighted by atomic mass is 10.2. The second kappa shape index (κ2) is 3.12. The molecule has 0 aromatic heterocycles. The van der Waals surface area contributed by atoms with Crippen molar-refractivity contribution in [1.82, 2.24) is 0 Å². The van der Waals surface area contributed by atoms with E-state index in [1.54, 1.807) is 0 Å². The van der Waals surface area contributed by atoms with Crippen LogP contribution in [0.2, 0.25) is 0 Å². The summed E-state index contributed by atoms with van der Waals surface area (Å²) in [6.07, 6.45) is 0.246. The van der Waals surface area contributed by atoms with Gasteiger partial charge in [0.1, 0.15) is 12.2 Å². The van der Waals surface area contributed by atoms with E-state index in [1.165, 1.54) is 12.2 Å². The minimum atomic E-state index is -1.21. The van der Waals surface area contributed by atoms with Crippen molar-refractivity contribution >= 4 is 0 Å². The summed E-state index contributed by atoms with van der Waals surface area (Å²) in [6, 6.07) is 0. The summed E-state index contributed by atoms with van der Waals surface area (Å²) in [4.78, 5) is 0. The van der Waals surface area contributed by atoms with E-state index in [-0.39, 0.29) is 6.61 Å². The van der Waals surface area contributed by atoms with Gasteiger partial charge < -0.3 is 20.1 Å². The zero-order valence-corrected chi connectivity index (χ0v) is 5.34. The largest absolute Gasteiger partial charge is 0.393 e. The molecule has 0 aromatic rings. The van der Waals surface area contributed by atoms with E-state index < -0.39 is 18.5 Å². The van der Waals surface area contributed by atoms with Gasteiger partial charge >= 0.3 is 0 Å². The topological polar surface area (TPSA) is 69.9 Å². The number of hydrogen-bond donors (Lipinski definition) is 3. The molecular formula is C6H10O4. The molecule has 4 nitrogen and oxygen atoms in total. The van der Waals surface area contributed by atoms with E-state index in [9.17, 15) is 0 Å². The van der Waals surface area contributed by atoms with Gasteiger partial charge in [-0.15, -0.1) is 0 Å². The van der Waals surface area contributed by atoms with Crippen molar-refractivity contribution in [2.75, 3.05) is 6.61 Å². The standard InChI is InChI=1S/C6H10O4/c7-3-4-1-2-5(8)6(9)10-4/h1-2,4-9H,3H2. The van der Waals surface area contributed by atoms with Gasteiger partial charge in [0.15, 0.2) is 6.29 Å². The Hall–Kier alpha value is -0.420. The molecule has 3 N–H and O–H groups in total. The molecule has 1 rings (SSSR count). The fourth-order valence-corrected chi connectivity index (χ4v) is 0.742. The maximum atomic E-state index is 8.85. The van der Waals surface area contributed by atoms with E-state index in [2.05, 4.69) is 0 Å². The second-order valence-electron chi connectivity index (χ2n) is 2.12. The van der Waals surface area contributed by atoms with Crippen molar-refractivity contribution in [2.24, 2.45) is 0 Å². The quantitative estimate of drug-likeness (QED) is 0.398. The Labute approximate surface area is 58.4 Å². The number of hydrogen-bond acceptors (Lipinski definition) is 4. The summed E-state index contributed by atoms with van der Waals surface area (Å²) in [5.74, 6) is 0. The Bertz CT molecular complexity index is 134. The van der Waals surface area contributed by atoms with E-state index >= 15 is 0 Å². The summed E-state index contributed by atoms with van der Waals surface area (Å²) in [5, 5.41) is 26.2. The van der Waals surface area contributed by atoms with Crippen molar-refractivity contribution in [1.29, 1.82) is 0 Å². The van der Waals surface area contributed by atoms with Crippen LogP contribution in [0.15, 0.2) is 12.2 Å². The lowest BCUT2D eigenvalue weighted by Crippen LogP contribution is -2.36. The van der Waals surface area contributed by atoms with Gasteiger partial charge in [-0.3, -0.25) is 0 Å². The highest BCUT2D eigenvalue weighted by atomic mass is 16.6. The molecule has 10 heavy (non-hydrogen) atoms. The maximum absolute atomic E-state index is 8.85. The normalized spacial score (nSPS) is 40.1. The van der Waals surface area contributed by atoms with E-state index in [1.807, 2.05) is 0 Å². The molecule has 0 spiro atoms. The smallest absolute Gasteiger partial charge is 0.185 e. The third kappa shape index (κ3) is 1.54. The van der Waals surface area contributed by atoms with Crippen molar-refractivity contribution in [3.8, 4) is 0 Å². The Kier molecular flexibility index (Phi) is 2.39.